The van der Waals surface area contributed by atoms with E-state index in [9.17, 15) is 29.7 Å². The molecule has 9 heteroatoms. The molecule has 0 radical (unpaired) electrons. The number of carbonyl (C=O) groups is 3. The summed E-state index contributed by atoms with van der Waals surface area (Å²) in [6, 6.07) is 18.1. The molecule has 0 spiro atoms. The molecule has 1 aliphatic rings. The number of aliphatic hydroxyl groups is 1. The van der Waals surface area contributed by atoms with E-state index in [1.54, 1.807) is 60.8 Å². The monoisotopic (exact) mass is 498 g/mol. The molecular formula is C27H18N2O6S. The number of carboxylic acids is 1. The van der Waals surface area contributed by atoms with Gasteiger partial charge in [0.05, 0.1) is 11.6 Å². The summed E-state index contributed by atoms with van der Waals surface area (Å²) in [5.41, 5.74) is 1.27. The van der Waals surface area contributed by atoms with Crippen LogP contribution in [0.5, 0.6) is 5.75 Å². The highest BCUT2D eigenvalue weighted by Gasteiger charge is 2.47. The molecule has 178 valence electrons. The number of phenols is 1. The highest BCUT2D eigenvalue weighted by atomic mass is 32.1. The quantitative estimate of drug-likeness (QED) is 0.204. The average molecular weight is 499 g/mol. The minimum absolute atomic E-state index is 0.0911. The first-order valence-electron chi connectivity index (χ1n) is 10.8. The zero-order chi connectivity index (χ0) is 25.4. The molecule has 0 aliphatic carbocycles. The van der Waals surface area contributed by atoms with Crippen molar-refractivity contribution in [3.05, 3.63) is 107 Å². The van der Waals surface area contributed by atoms with E-state index in [2.05, 4.69) is 4.98 Å². The van der Waals surface area contributed by atoms with Crippen molar-refractivity contribution >= 4 is 40.4 Å². The van der Waals surface area contributed by atoms with Gasteiger partial charge >= 0.3 is 5.97 Å². The SMILES string of the molecule is O=C1C(=O)N(c2ccc(O)c(C(=O)O)c2)C(c2ccc(-c3nccs3)cc2)/C1=C(\O)c1ccccc1. The average Bonchev–Trinajstić information content (AvgIpc) is 3.52. The maximum Gasteiger partial charge on any atom is 0.339 e. The van der Waals surface area contributed by atoms with E-state index in [0.29, 0.717) is 11.1 Å². The molecule has 8 nitrogen and oxygen atoms in total. The summed E-state index contributed by atoms with van der Waals surface area (Å²) in [4.78, 5) is 43.6. The molecule has 1 fully saturated rings. The van der Waals surface area contributed by atoms with E-state index in [4.69, 9.17) is 0 Å². The maximum atomic E-state index is 13.3. The van der Waals surface area contributed by atoms with Crippen molar-refractivity contribution in [1.29, 1.82) is 0 Å². The topological polar surface area (TPSA) is 128 Å². The summed E-state index contributed by atoms with van der Waals surface area (Å²) < 4.78 is 0. The Morgan fingerprint density at radius 1 is 0.944 bits per heavy atom. The Kier molecular flexibility index (Phi) is 5.83. The number of aromatic nitrogens is 1. The van der Waals surface area contributed by atoms with Crippen molar-refractivity contribution in [2.45, 2.75) is 6.04 Å². The molecule has 1 aromatic heterocycles. The summed E-state index contributed by atoms with van der Waals surface area (Å²) in [7, 11) is 0. The molecule has 1 unspecified atom stereocenters. The lowest BCUT2D eigenvalue weighted by Crippen LogP contribution is -2.29. The highest BCUT2D eigenvalue weighted by Crippen LogP contribution is 2.43. The number of thiazole rings is 1. The number of aromatic carboxylic acids is 1. The zero-order valence-electron chi connectivity index (χ0n) is 18.5. The number of hydrogen-bond acceptors (Lipinski definition) is 7. The lowest BCUT2D eigenvalue weighted by molar-refractivity contribution is -0.132. The molecule has 0 bridgehead atoms. The summed E-state index contributed by atoms with van der Waals surface area (Å²) in [5, 5.41) is 33.2. The molecule has 1 amide bonds. The fraction of sp³-hybridized carbons (Fsp3) is 0.0370. The van der Waals surface area contributed by atoms with Gasteiger partial charge in [-0.25, -0.2) is 9.78 Å². The van der Waals surface area contributed by atoms with Crippen LogP contribution in [0.1, 0.15) is 27.5 Å². The molecular weight excluding hydrogens is 480 g/mol. The highest BCUT2D eigenvalue weighted by molar-refractivity contribution is 7.13. The first-order chi connectivity index (χ1) is 17.4. The molecule has 3 aromatic carbocycles. The summed E-state index contributed by atoms with van der Waals surface area (Å²) >= 11 is 1.46. The molecule has 4 aromatic rings. The van der Waals surface area contributed by atoms with Crippen molar-refractivity contribution in [2.75, 3.05) is 4.90 Å². The van der Waals surface area contributed by atoms with Crippen molar-refractivity contribution < 1.29 is 29.7 Å². The number of benzene rings is 3. The third kappa shape index (κ3) is 3.91. The Labute approximate surface area is 209 Å². The van der Waals surface area contributed by atoms with Crippen LogP contribution in [0.4, 0.5) is 5.69 Å². The number of Topliss-reactive ketones (excluding diaryl/α,β-unsaturated/α-hetero) is 1. The van der Waals surface area contributed by atoms with Gasteiger partial charge in [-0.15, -0.1) is 11.3 Å². The third-order valence-corrected chi connectivity index (χ3v) is 6.71. The fourth-order valence-corrected chi connectivity index (χ4v) is 4.83. The second-order valence-electron chi connectivity index (χ2n) is 8.00. The predicted molar refractivity (Wildman–Crippen MR) is 134 cm³/mol. The molecule has 3 N–H and O–H groups in total. The number of anilines is 1. The van der Waals surface area contributed by atoms with Crippen LogP contribution in [-0.4, -0.2) is 38.0 Å². The lowest BCUT2D eigenvalue weighted by Gasteiger charge is -2.26. The van der Waals surface area contributed by atoms with Crippen molar-refractivity contribution in [3.8, 4) is 16.3 Å². The van der Waals surface area contributed by atoms with Gasteiger partial charge in [-0.05, 0) is 23.8 Å². The van der Waals surface area contributed by atoms with Gasteiger partial charge in [0.2, 0.25) is 0 Å². The normalized spacial score (nSPS) is 16.9. The van der Waals surface area contributed by atoms with E-state index in [1.165, 1.54) is 17.4 Å². The van der Waals surface area contributed by atoms with Gasteiger partial charge in [-0.3, -0.25) is 14.5 Å². The molecule has 2 heterocycles. The van der Waals surface area contributed by atoms with Crippen molar-refractivity contribution in [2.24, 2.45) is 0 Å². The van der Waals surface area contributed by atoms with Crippen LogP contribution in [-0.2, 0) is 9.59 Å². The Morgan fingerprint density at radius 2 is 1.67 bits per heavy atom. The van der Waals surface area contributed by atoms with Gasteiger partial charge in [0.1, 0.15) is 22.1 Å². The van der Waals surface area contributed by atoms with Crippen LogP contribution in [0.3, 0.4) is 0 Å². The Balaban J connectivity index is 1.70. The minimum atomic E-state index is -1.39. The second kappa shape index (κ2) is 9.12. The number of aromatic hydroxyl groups is 1. The Hall–Kier alpha value is -4.76. The van der Waals surface area contributed by atoms with Crippen LogP contribution in [0.2, 0.25) is 0 Å². The Morgan fingerprint density at radius 3 is 2.31 bits per heavy atom. The third-order valence-electron chi connectivity index (χ3n) is 5.89. The summed E-state index contributed by atoms with van der Waals surface area (Å²) in [6.07, 6.45) is 1.69. The van der Waals surface area contributed by atoms with Gasteiger partial charge in [-0.2, -0.15) is 0 Å². The molecule has 0 saturated carbocycles. The first kappa shape index (κ1) is 23.0. The van der Waals surface area contributed by atoms with Gasteiger partial charge < -0.3 is 15.3 Å². The van der Waals surface area contributed by atoms with Gasteiger partial charge in [0.15, 0.2) is 0 Å². The molecule has 5 rings (SSSR count). The van der Waals surface area contributed by atoms with E-state index in [-0.39, 0.29) is 17.0 Å². The number of rotatable bonds is 5. The molecule has 1 saturated heterocycles. The molecule has 1 aliphatic heterocycles. The number of nitrogens with zero attached hydrogens (tertiary/aromatic N) is 2. The predicted octanol–water partition coefficient (Wildman–Crippen LogP) is 4.84. The first-order valence-corrected chi connectivity index (χ1v) is 11.7. The van der Waals surface area contributed by atoms with E-state index in [1.807, 2.05) is 5.38 Å². The number of carboxylic acid groups (broad SMARTS) is 1. The fourth-order valence-electron chi connectivity index (χ4n) is 4.18. The smallest absolute Gasteiger partial charge is 0.339 e. The van der Waals surface area contributed by atoms with E-state index >= 15 is 0 Å². The number of hydrogen-bond donors (Lipinski definition) is 3. The van der Waals surface area contributed by atoms with Gasteiger partial charge in [-0.1, -0.05) is 54.6 Å². The van der Waals surface area contributed by atoms with Crippen LogP contribution >= 0.6 is 11.3 Å². The summed E-state index contributed by atoms with van der Waals surface area (Å²) in [5.74, 6) is -4.04. The van der Waals surface area contributed by atoms with E-state index in [0.717, 1.165) is 27.6 Å². The number of ketones is 1. The largest absolute Gasteiger partial charge is 0.507 e. The van der Waals surface area contributed by atoms with Crippen LogP contribution < -0.4 is 4.90 Å². The van der Waals surface area contributed by atoms with Crippen LogP contribution in [0, 0.1) is 0 Å². The van der Waals surface area contributed by atoms with E-state index < -0.39 is 35.0 Å². The van der Waals surface area contributed by atoms with Crippen molar-refractivity contribution in [1.82, 2.24) is 4.98 Å². The van der Waals surface area contributed by atoms with Crippen molar-refractivity contribution in [3.63, 3.8) is 0 Å². The van der Waals surface area contributed by atoms with Crippen LogP contribution in [0.25, 0.3) is 16.3 Å². The second-order valence-corrected chi connectivity index (χ2v) is 8.90. The van der Waals surface area contributed by atoms with Gasteiger partial charge in [0, 0.05) is 28.4 Å². The molecule has 1 atom stereocenters. The number of amides is 1. The standard InChI is InChI=1S/C27H18N2O6S/c30-20-11-10-18(14-19(20)27(34)35)29-22(15-6-8-17(9-7-15)25-28-12-13-36-25)21(24(32)26(29)33)23(31)16-4-2-1-3-5-16/h1-14,22,30-31H,(H,34,35)/b23-21+. The minimum Gasteiger partial charge on any atom is -0.507 e. The maximum absolute atomic E-state index is 13.3. The summed E-state index contributed by atoms with van der Waals surface area (Å²) in [6.45, 7) is 0. The molecule has 36 heavy (non-hydrogen) atoms. The zero-order valence-corrected chi connectivity index (χ0v) is 19.3. The van der Waals surface area contributed by atoms with Gasteiger partial charge in [0.25, 0.3) is 11.7 Å². The van der Waals surface area contributed by atoms with Crippen LogP contribution in [0.15, 0.2) is 89.9 Å². The number of carbonyl (C=O) groups excluding carboxylic acids is 2. The number of aliphatic hydroxyl groups excluding tert-OH is 1. The Bertz CT molecular complexity index is 1510. The lowest BCUT2D eigenvalue weighted by atomic mass is 9.94.